The molecule has 2 nitrogen and oxygen atoms in total. The summed E-state index contributed by atoms with van der Waals surface area (Å²) in [5.74, 6) is 1.98. The second-order valence-corrected chi connectivity index (χ2v) is 6.59. The highest BCUT2D eigenvalue weighted by atomic mass is 35.5. The summed E-state index contributed by atoms with van der Waals surface area (Å²) in [6.45, 7) is 13.3. The van der Waals surface area contributed by atoms with Crippen LogP contribution in [0.15, 0.2) is 12.1 Å². The summed E-state index contributed by atoms with van der Waals surface area (Å²) in [6, 6.07) is 4.08. The van der Waals surface area contributed by atoms with Crippen molar-refractivity contribution in [1.82, 2.24) is 4.90 Å². The Kier molecular flexibility index (Phi) is 10.5. The van der Waals surface area contributed by atoms with Crippen LogP contribution in [-0.2, 0) is 0 Å². The third-order valence-corrected chi connectivity index (χ3v) is 4.18. The molecule has 22 heavy (non-hydrogen) atoms. The van der Waals surface area contributed by atoms with Crippen molar-refractivity contribution in [2.75, 3.05) is 25.5 Å². The molecule has 0 heterocycles. The fourth-order valence-corrected chi connectivity index (χ4v) is 2.75. The second-order valence-electron chi connectivity index (χ2n) is 5.80. The minimum atomic E-state index is 0. The Balaban J connectivity index is 0.00000441. The number of alkyl halides is 1. The van der Waals surface area contributed by atoms with Gasteiger partial charge in [0.1, 0.15) is 11.9 Å². The summed E-state index contributed by atoms with van der Waals surface area (Å²) in [5, 5.41) is 0.802. The standard InChI is InChI=1S/C17H27Cl2NO.ClH/c1-6-20(8-7-18)11-14(5)21-17-9-13(4)16(19)10-15(17)12(2)3;/h9-10,12,14H,6-8,11H2,1-5H3;1H. The zero-order chi connectivity index (χ0) is 16.0. The van der Waals surface area contributed by atoms with E-state index in [1.165, 1.54) is 0 Å². The van der Waals surface area contributed by atoms with Gasteiger partial charge in [0, 0.05) is 24.0 Å². The Labute approximate surface area is 151 Å². The van der Waals surface area contributed by atoms with Gasteiger partial charge in [-0.25, -0.2) is 0 Å². The predicted octanol–water partition coefficient (Wildman–Crippen LogP) is 5.52. The Morgan fingerprint density at radius 3 is 2.36 bits per heavy atom. The van der Waals surface area contributed by atoms with Crippen LogP contribution >= 0.6 is 35.6 Å². The predicted molar refractivity (Wildman–Crippen MR) is 100 cm³/mol. The summed E-state index contributed by atoms with van der Waals surface area (Å²) >= 11 is 12.1. The van der Waals surface area contributed by atoms with Gasteiger partial charge in [-0.05, 0) is 49.6 Å². The molecule has 0 aliphatic carbocycles. The Hall–Kier alpha value is -0.150. The smallest absolute Gasteiger partial charge is 0.123 e. The van der Waals surface area contributed by atoms with Gasteiger partial charge in [-0.3, -0.25) is 4.90 Å². The largest absolute Gasteiger partial charge is 0.489 e. The summed E-state index contributed by atoms with van der Waals surface area (Å²) in [4.78, 5) is 2.30. The van der Waals surface area contributed by atoms with E-state index in [-0.39, 0.29) is 18.5 Å². The maximum absolute atomic E-state index is 6.24. The van der Waals surface area contributed by atoms with Crippen LogP contribution in [0, 0.1) is 6.92 Å². The molecule has 0 saturated heterocycles. The van der Waals surface area contributed by atoms with Gasteiger partial charge in [-0.15, -0.1) is 24.0 Å². The average molecular weight is 369 g/mol. The first-order valence-corrected chi connectivity index (χ1v) is 8.55. The van der Waals surface area contributed by atoms with Crippen LogP contribution < -0.4 is 4.74 Å². The first-order chi connectivity index (χ1) is 9.88. The fraction of sp³-hybridized carbons (Fsp3) is 0.647. The molecule has 0 fully saturated rings. The average Bonchev–Trinajstić information content (AvgIpc) is 2.41. The third kappa shape index (κ3) is 6.54. The summed E-state index contributed by atoms with van der Waals surface area (Å²) < 4.78 is 6.18. The number of halogens is 3. The minimum Gasteiger partial charge on any atom is -0.489 e. The highest BCUT2D eigenvalue weighted by Crippen LogP contribution is 2.32. The highest BCUT2D eigenvalue weighted by molar-refractivity contribution is 6.31. The molecule has 128 valence electrons. The maximum atomic E-state index is 6.24. The van der Waals surface area contributed by atoms with Gasteiger partial charge in [-0.2, -0.15) is 0 Å². The lowest BCUT2D eigenvalue weighted by Crippen LogP contribution is -2.35. The molecule has 0 bridgehead atoms. The first kappa shape index (κ1) is 21.9. The number of nitrogens with zero attached hydrogens (tertiary/aromatic N) is 1. The van der Waals surface area contributed by atoms with Gasteiger partial charge in [-0.1, -0.05) is 32.4 Å². The van der Waals surface area contributed by atoms with E-state index in [0.29, 0.717) is 11.8 Å². The van der Waals surface area contributed by atoms with Crippen molar-refractivity contribution in [1.29, 1.82) is 0 Å². The molecule has 0 radical (unpaired) electrons. The topological polar surface area (TPSA) is 12.5 Å². The lowest BCUT2D eigenvalue weighted by Gasteiger charge is -2.25. The van der Waals surface area contributed by atoms with Crippen LogP contribution in [0.5, 0.6) is 5.75 Å². The van der Waals surface area contributed by atoms with Crippen LogP contribution in [0.1, 0.15) is 44.7 Å². The van der Waals surface area contributed by atoms with E-state index in [4.69, 9.17) is 27.9 Å². The van der Waals surface area contributed by atoms with Crippen molar-refractivity contribution in [2.45, 2.75) is 46.6 Å². The molecule has 1 aromatic rings. The van der Waals surface area contributed by atoms with Crippen molar-refractivity contribution in [3.63, 3.8) is 0 Å². The van der Waals surface area contributed by atoms with Crippen molar-refractivity contribution in [3.05, 3.63) is 28.3 Å². The number of likely N-dealkylation sites (N-methyl/N-ethyl adjacent to an activating group) is 1. The molecular formula is C17H28Cl3NO. The molecule has 5 heteroatoms. The van der Waals surface area contributed by atoms with Crippen molar-refractivity contribution in [2.24, 2.45) is 0 Å². The number of benzene rings is 1. The number of hydrogen-bond donors (Lipinski definition) is 0. The molecule has 1 atom stereocenters. The molecule has 0 N–H and O–H groups in total. The van der Waals surface area contributed by atoms with Gasteiger partial charge >= 0.3 is 0 Å². The zero-order valence-corrected chi connectivity index (χ0v) is 16.5. The van der Waals surface area contributed by atoms with Crippen LogP contribution in [0.4, 0.5) is 0 Å². The van der Waals surface area contributed by atoms with Gasteiger partial charge in [0.05, 0.1) is 0 Å². The molecule has 0 amide bonds. The number of ether oxygens (including phenoxy) is 1. The van der Waals surface area contributed by atoms with Crippen LogP contribution in [0.3, 0.4) is 0 Å². The van der Waals surface area contributed by atoms with Crippen LogP contribution in [-0.4, -0.2) is 36.5 Å². The van der Waals surface area contributed by atoms with E-state index in [1.54, 1.807) is 0 Å². The van der Waals surface area contributed by atoms with Crippen molar-refractivity contribution >= 4 is 35.6 Å². The molecule has 0 aliphatic heterocycles. The van der Waals surface area contributed by atoms with E-state index in [2.05, 4.69) is 32.6 Å². The SMILES string of the molecule is CCN(CCCl)CC(C)Oc1cc(C)c(Cl)cc1C(C)C.Cl. The normalized spacial score (nSPS) is 12.4. The Bertz CT molecular complexity index is 452. The maximum Gasteiger partial charge on any atom is 0.123 e. The van der Waals surface area contributed by atoms with Crippen molar-refractivity contribution < 1.29 is 4.74 Å². The molecule has 1 unspecified atom stereocenters. The monoisotopic (exact) mass is 367 g/mol. The van der Waals surface area contributed by atoms with E-state index >= 15 is 0 Å². The van der Waals surface area contributed by atoms with E-state index < -0.39 is 0 Å². The van der Waals surface area contributed by atoms with Crippen LogP contribution in [0.2, 0.25) is 5.02 Å². The number of hydrogen-bond acceptors (Lipinski definition) is 2. The Morgan fingerprint density at radius 2 is 1.86 bits per heavy atom. The number of rotatable bonds is 8. The molecule has 0 spiro atoms. The van der Waals surface area contributed by atoms with Gasteiger partial charge < -0.3 is 4.74 Å². The molecule has 0 saturated carbocycles. The fourth-order valence-electron chi connectivity index (χ4n) is 2.34. The second kappa shape index (κ2) is 10.6. The van der Waals surface area contributed by atoms with Gasteiger partial charge in [0.15, 0.2) is 0 Å². The molecule has 1 aromatic carbocycles. The van der Waals surface area contributed by atoms with Crippen LogP contribution in [0.25, 0.3) is 0 Å². The lowest BCUT2D eigenvalue weighted by molar-refractivity contribution is 0.152. The van der Waals surface area contributed by atoms with E-state index in [0.717, 1.165) is 41.5 Å². The quantitative estimate of drug-likeness (QED) is 0.560. The summed E-state index contributed by atoms with van der Waals surface area (Å²) in [5.41, 5.74) is 2.22. The molecule has 0 aliphatic rings. The van der Waals surface area contributed by atoms with E-state index in [9.17, 15) is 0 Å². The van der Waals surface area contributed by atoms with E-state index in [1.807, 2.05) is 19.1 Å². The zero-order valence-electron chi connectivity index (χ0n) is 14.2. The minimum absolute atomic E-state index is 0. The Morgan fingerprint density at radius 1 is 1.23 bits per heavy atom. The van der Waals surface area contributed by atoms with Crippen molar-refractivity contribution in [3.8, 4) is 5.75 Å². The third-order valence-electron chi connectivity index (χ3n) is 3.60. The first-order valence-electron chi connectivity index (χ1n) is 7.64. The molecular weight excluding hydrogens is 341 g/mol. The highest BCUT2D eigenvalue weighted by Gasteiger charge is 2.15. The molecule has 0 aromatic heterocycles. The van der Waals surface area contributed by atoms with Gasteiger partial charge in [0.25, 0.3) is 0 Å². The van der Waals surface area contributed by atoms with Gasteiger partial charge in [0.2, 0.25) is 0 Å². The summed E-state index contributed by atoms with van der Waals surface area (Å²) in [6.07, 6.45) is 0.117. The molecule has 1 rings (SSSR count). The summed E-state index contributed by atoms with van der Waals surface area (Å²) in [7, 11) is 0. The number of aryl methyl sites for hydroxylation is 1. The lowest BCUT2D eigenvalue weighted by atomic mass is 10.0.